The lowest BCUT2D eigenvalue weighted by molar-refractivity contribution is -0.115. The van der Waals surface area contributed by atoms with Gasteiger partial charge in [0.1, 0.15) is 5.75 Å². The van der Waals surface area contributed by atoms with Gasteiger partial charge in [0.2, 0.25) is 5.91 Å². The van der Waals surface area contributed by atoms with E-state index >= 15 is 0 Å². The molecule has 0 fully saturated rings. The molecule has 128 valence electrons. The van der Waals surface area contributed by atoms with Gasteiger partial charge in [-0.2, -0.15) is 0 Å². The Labute approximate surface area is 151 Å². The summed E-state index contributed by atoms with van der Waals surface area (Å²) in [6, 6.07) is 14.2. The molecule has 0 bridgehead atoms. The highest BCUT2D eigenvalue weighted by atomic mass is 32.1. The molecule has 2 aromatic rings. The van der Waals surface area contributed by atoms with E-state index in [9.17, 15) is 9.59 Å². The highest BCUT2D eigenvalue weighted by Gasteiger charge is 2.05. The number of ketones is 1. The number of amides is 1. The molecule has 2 rings (SSSR count). The molecule has 0 saturated carbocycles. The molecule has 0 atom stereocenters. The van der Waals surface area contributed by atoms with Crippen molar-refractivity contribution >= 4 is 40.8 Å². The summed E-state index contributed by atoms with van der Waals surface area (Å²) in [6.07, 6.45) is 3.02. The maximum atomic E-state index is 12.0. The number of Topliss-reactive ketones (excluding diaryl/α,β-unsaturated/α-hetero) is 1. The largest absolute Gasteiger partial charge is 0.496 e. The van der Waals surface area contributed by atoms with Crippen LogP contribution in [0, 0.1) is 0 Å². The van der Waals surface area contributed by atoms with Crippen LogP contribution in [-0.2, 0) is 4.79 Å². The van der Waals surface area contributed by atoms with Gasteiger partial charge in [-0.25, -0.2) is 0 Å². The minimum Gasteiger partial charge on any atom is -0.496 e. The lowest BCUT2D eigenvalue weighted by Crippen LogP contribution is -2.32. The molecule has 1 amide bonds. The Hall–Kier alpha value is -2.99. The van der Waals surface area contributed by atoms with E-state index in [-0.39, 0.29) is 16.8 Å². The van der Waals surface area contributed by atoms with Crippen molar-refractivity contribution in [2.75, 3.05) is 12.4 Å². The number of ether oxygens (including phenoxy) is 1. The second kappa shape index (κ2) is 8.75. The number of para-hydroxylation sites is 1. The molecular weight excluding hydrogens is 336 g/mol. The Morgan fingerprint density at radius 2 is 1.88 bits per heavy atom. The van der Waals surface area contributed by atoms with Crippen molar-refractivity contribution in [1.29, 1.82) is 0 Å². The van der Waals surface area contributed by atoms with Crippen LogP contribution < -0.4 is 15.4 Å². The third-order valence-electron chi connectivity index (χ3n) is 3.32. The van der Waals surface area contributed by atoms with E-state index in [4.69, 9.17) is 17.0 Å². The van der Waals surface area contributed by atoms with Crippen LogP contribution in [0.3, 0.4) is 0 Å². The number of benzene rings is 2. The van der Waals surface area contributed by atoms with E-state index in [1.54, 1.807) is 37.5 Å². The summed E-state index contributed by atoms with van der Waals surface area (Å²) >= 11 is 5.11. The fourth-order valence-corrected chi connectivity index (χ4v) is 2.32. The Morgan fingerprint density at radius 3 is 2.60 bits per heavy atom. The number of hydrogen-bond donors (Lipinski definition) is 2. The SMILES string of the molecule is COc1ccccc1C=CC(=O)NC(=S)Nc1cccc(C(C)=O)c1. The smallest absolute Gasteiger partial charge is 0.250 e. The molecule has 0 saturated heterocycles. The number of thiocarbonyl (C=S) groups is 1. The van der Waals surface area contributed by atoms with Gasteiger partial charge in [-0.05, 0) is 43.4 Å². The molecule has 0 heterocycles. The zero-order chi connectivity index (χ0) is 18.2. The monoisotopic (exact) mass is 354 g/mol. The second-order valence-corrected chi connectivity index (χ2v) is 5.56. The van der Waals surface area contributed by atoms with Gasteiger partial charge < -0.3 is 10.1 Å². The standard InChI is InChI=1S/C19H18N2O3S/c1-13(22)15-7-5-8-16(12-15)20-19(25)21-18(23)11-10-14-6-3-4-9-17(14)24-2/h3-12H,1-2H3,(H2,20,21,23,25). The van der Waals surface area contributed by atoms with Gasteiger partial charge in [0, 0.05) is 22.9 Å². The fraction of sp³-hybridized carbons (Fsp3) is 0.105. The lowest BCUT2D eigenvalue weighted by atomic mass is 10.1. The summed E-state index contributed by atoms with van der Waals surface area (Å²) in [4.78, 5) is 23.4. The molecule has 0 spiro atoms. The Bertz CT molecular complexity index is 831. The van der Waals surface area contributed by atoms with Gasteiger partial charge in [-0.15, -0.1) is 0 Å². The number of hydrogen-bond acceptors (Lipinski definition) is 4. The van der Waals surface area contributed by atoms with E-state index in [1.807, 2.05) is 24.3 Å². The van der Waals surface area contributed by atoms with Gasteiger partial charge in [0.15, 0.2) is 10.9 Å². The number of anilines is 1. The Balaban J connectivity index is 1.96. The van der Waals surface area contributed by atoms with Gasteiger partial charge in [-0.1, -0.05) is 30.3 Å². The van der Waals surface area contributed by atoms with Crippen molar-refractivity contribution in [3.8, 4) is 5.75 Å². The molecule has 0 unspecified atom stereocenters. The summed E-state index contributed by atoms with van der Waals surface area (Å²) < 4.78 is 5.22. The maximum absolute atomic E-state index is 12.0. The molecule has 0 radical (unpaired) electrons. The quantitative estimate of drug-likeness (QED) is 0.489. The molecule has 5 nitrogen and oxygen atoms in total. The van der Waals surface area contributed by atoms with Gasteiger partial charge in [0.05, 0.1) is 7.11 Å². The molecule has 0 aliphatic rings. The van der Waals surface area contributed by atoms with Crippen LogP contribution in [0.1, 0.15) is 22.8 Å². The lowest BCUT2D eigenvalue weighted by Gasteiger charge is -2.09. The van der Waals surface area contributed by atoms with Gasteiger partial charge in [0.25, 0.3) is 0 Å². The normalized spacial score (nSPS) is 10.3. The fourth-order valence-electron chi connectivity index (χ4n) is 2.10. The van der Waals surface area contributed by atoms with Crippen molar-refractivity contribution in [2.24, 2.45) is 0 Å². The van der Waals surface area contributed by atoms with Crippen LogP contribution in [0.15, 0.2) is 54.6 Å². The van der Waals surface area contributed by atoms with E-state index < -0.39 is 0 Å². The van der Waals surface area contributed by atoms with Crippen molar-refractivity contribution in [3.63, 3.8) is 0 Å². The van der Waals surface area contributed by atoms with Crippen LogP contribution in [0.2, 0.25) is 0 Å². The van der Waals surface area contributed by atoms with Gasteiger partial charge in [-0.3, -0.25) is 14.9 Å². The number of methoxy groups -OCH3 is 1. The molecule has 0 aliphatic carbocycles. The van der Waals surface area contributed by atoms with Gasteiger partial charge >= 0.3 is 0 Å². The highest BCUT2D eigenvalue weighted by Crippen LogP contribution is 2.18. The van der Waals surface area contributed by atoms with Crippen molar-refractivity contribution < 1.29 is 14.3 Å². The maximum Gasteiger partial charge on any atom is 0.250 e. The van der Waals surface area contributed by atoms with Crippen molar-refractivity contribution in [2.45, 2.75) is 6.92 Å². The second-order valence-electron chi connectivity index (χ2n) is 5.16. The van der Waals surface area contributed by atoms with Crippen molar-refractivity contribution in [1.82, 2.24) is 5.32 Å². The summed E-state index contributed by atoms with van der Waals surface area (Å²) in [5, 5.41) is 5.58. The van der Waals surface area contributed by atoms with E-state index in [0.29, 0.717) is 17.0 Å². The van der Waals surface area contributed by atoms with Crippen LogP contribution in [0.25, 0.3) is 6.08 Å². The molecular formula is C19H18N2O3S. The zero-order valence-corrected chi connectivity index (χ0v) is 14.7. The topological polar surface area (TPSA) is 67.4 Å². The Kier molecular flexibility index (Phi) is 6.42. The predicted octanol–water partition coefficient (Wildman–Crippen LogP) is 3.42. The highest BCUT2D eigenvalue weighted by molar-refractivity contribution is 7.80. The first kappa shape index (κ1) is 18.4. The molecule has 6 heteroatoms. The minimum absolute atomic E-state index is 0.0432. The Morgan fingerprint density at radius 1 is 1.12 bits per heavy atom. The van der Waals surface area contributed by atoms with E-state index in [0.717, 1.165) is 5.56 Å². The van der Waals surface area contributed by atoms with E-state index in [1.165, 1.54) is 13.0 Å². The summed E-state index contributed by atoms with van der Waals surface area (Å²) in [7, 11) is 1.57. The summed E-state index contributed by atoms with van der Waals surface area (Å²) in [5.74, 6) is 0.262. The van der Waals surface area contributed by atoms with Crippen LogP contribution in [0.4, 0.5) is 5.69 Å². The average Bonchev–Trinajstić information content (AvgIpc) is 2.60. The number of nitrogens with one attached hydrogen (secondary N) is 2. The third kappa shape index (κ3) is 5.54. The zero-order valence-electron chi connectivity index (χ0n) is 13.9. The van der Waals surface area contributed by atoms with E-state index in [2.05, 4.69) is 10.6 Å². The number of carbonyl (C=O) groups is 2. The number of rotatable bonds is 5. The first-order valence-electron chi connectivity index (χ1n) is 7.53. The van der Waals surface area contributed by atoms with Crippen molar-refractivity contribution in [3.05, 3.63) is 65.7 Å². The molecule has 2 N–H and O–H groups in total. The average molecular weight is 354 g/mol. The first-order chi connectivity index (χ1) is 12.0. The molecule has 0 aliphatic heterocycles. The first-order valence-corrected chi connectivity index (χ1v) is 7.94. The number of carbonyl (C=O) groups excluding carboxylic acids is 2. The van der Waals surface area contributed by atoms with Crippen LogP contribution in [-0.4, -0.2) is 23.9 Å². The molecule has 2 aromatic carbocycles. The summed E-state index contributed by atoms with van der Waals surface area (Å²) in [6.45, 7) is 1.49. The van der Waals surface area contributed by atoms with Crippen LogP contribution in [0.5, 0.6) is 5.75 Å². The molecule has 0 aromatic heterocycles. The predicted molar refractivity (Wildman–Crippen MR) is 103 cm³/mol. The summed E-state index contributed by atoms with van der Waals surface area (Å²) in [5.41, 5.74) is 1.98. The third-order valence-corrected chi connectivity index (χ3v) is 3.52. The van der Waals surface area contributed by atoms with Crippen LogP contribution >= 0.6 is 12.2 Å². The minimum atomic E-state index is -0.369. The molecule has 25 heavy (non-hydrogen) atoms.